The first-order chi connectivity index (χ1) is 11.6. The predicted molar refractivity (Wildman–Crippen MR) is 89.0 cm³/mol. The van der Waals surface area contributed by atoms with Crippen molar-refractivity contribution < 1.29 is 18.7 Å². The maximum Gasteiger partial charge on any atom is 0.320 e. The number of ether oxygens (including phenoxy) is 2. The Morgan fingerprint density at radius 3 is 2.42 bits per heavy atom. The maximum absolute atomic E-state index is 13.6. The normalized spacial score (nSPS) is 14.6. The molecule has 1 fully saturated rings. The van der Waals surface area contributed by atoms with Crippen LogP contribution in [0.25, 0.3) is 0 Å². The molecule has 0 radical (unpaired) electrons. The maximum atomic E-state index is 13.6. The molecular weight excluding hydrogens is 311 g/mol. The largest absolute Gasteiger partial charge is 0.493 e. The molecule has 0 aromatic heterocycles. The Morgan fingerprint density at radius 2 is 1.79 bits per heavy atom. The molecule has 1 aliphatic rings. The Morgan fingerprint density at radius 1 is 1.08 bits per heavy atom. The summed E-state index contributed by atoms with van der Waals surface area (Å²) >= 11 is 0. The molecule has 2 aromatic carbocycles. The van der Waals surface area contributed by atoms with Gasteiger partial charge in [-0.05, 0) is 42.7 Å². The van der Waals surface area contributed by atoms with Gasteiger partial charge in [0.2, 0.25) is 0 Å². The number of para-hydroxylation sites is 1. The first kappa shape index (κ1) is 16.1. The van der Waals surface area contributed by atoms with E-state index in [0.29, 0.717) is 11.5 Å². The fourth-order valence-corrected chi connectivity index (χ4v) is 2.68. The topological polar surface area (TPSA) is 59.6 Å². The number of carbonyl (C=O) groups is 1. The minimum absolute atomic E-state index is 0.151. The van der Waals surface area contributed by atoms with Crippen molar-refractivity contribution in [2.75, 3.05) is 19.5 Å². The molecule has 126 valence electrons. The van der Waals surface area contributed by atoms with Crippen LogP contribution >= 0.6 is 0 Å². The highest BCUT2D eigenvalue weighted by molar-refractivity contribution is 5.90. The van der Waals surface area contributed by atoms with Crippen molar-refractivity contribution in [3.05, 3.63) is 53.8 Å². The number of nitrogens with one attached hydrogen (secondary N) is 2. The molecule has 1 saturated carbocycles. The van der Waals surface area contributed by atoms with Gasteiger partial charge in [-0.2, -0.15) is 0 Å². The van der Waals surface area contributed by atoms with E-state index in [1.165, 1.54) is 12.1 Å². The van der Waals surface area contributed by atoms with Crippen molar-refractivity contribution in [2.45, 2.75) is 18.4 Å². The highest BCUT2D eigenvalue weighted by Gasteiger charge is 2.46. The number of anilines is 1. The van der Waals surface area contributed by atoms with E-state index in [-0.39, 0.29) is 5.69 Å². The van der Waals surface area contributed by atoms with Crippen LogP contribution in [0.3, 0.4) is 0 Å². The molecule has 1 aliphatic carbocycles. The third kappa shape index (κ3) is 3.13. The number of rotatable bonds is 5. The van der Waals surface area contributed by atoms with E-state index < -0.39 is 17.4 Å². The highest BCUT2D eigenvalue weighted by Crippen LogP contribution is 2.47. The number of methoxy groups -OCH3 is 2. The van der Waals surface area contributed by atoms with Gasteiger partial charge in [-0.15, -0.1) is 0 Å². The molecule has 6 heteroatoms. The molecular formula is C18H19FN2O3. The van der Waals surface area contributed by atoms with Crippen molar-refractivity contribution in [2.24, 2.45) is 0 Å². The summed E-state index contributed by atoms with van der Waals surface area (Å²) in [5, 5.41) is 5.48. The number of hydrogen-bond acceptors (Lipinski definition) is 3. The lowest BCUT2D eigenvalue weighted by Gasteiger charge is -2.20. The summed E-state index contributed by atoms with van der Waals surface area (Å²) < 4.78 is 24.2. The molecule has 2 aromatic rings. The molecule has 3 rings (SSSR count). The van der Waals surface area contributed by atoms with Gasteiger partial charge < -0.3 is 20.1 Å². The lowest BCUT2D eigenvalue weighted by Crippen LogP contribution is -2.38. The van der Waals surface area contributed by atoms with Crippen molar-refractivity contribution in [3.8, 4) is 11.5 Å². The number of urea groups is 1. The third-order valence-corrected chi connectivity index (χ3v) is 4.16. The van der Waals surface area contributed by atoms with Gasteiger partial charge in [-0.25, -0.2) is 9.18 Å². The quantitative estimate of drug-likeness (QED) is 0.880. The Hall–Kier alpha value is -2.76. The lowest BCUT2D eigenvalue weighted by molar-refractivity contribution is 0.247. The molecule has 5 nitrogen and oxygen atoms in total. The van der Waals surface area contributed by atoms with Crippen LogP contribution in [0.4, 0.5) is 14.9 Å². The van der Waals surface area contributed by atoms with Crippen LogP contribution in [0.2, 0.25) is 0 Å². The molecule has 0 heterocycles. The molecule has 0 unspecified atom stereocenters. The number of hydrogen-bond donors (Lipinski definition) is 2. The monoisotopic (exact) mass is 330 g/mol. The molecule has 0 saturated heterocycles. The fourth-order valence-electron chi connectivity index (χ4n) is 2.68. The minimum Gasteiger partial charge on any atom is -0.493 e. The Kier molecular flexibility index (Phi) is 4.29. The van der Waals surface area contributed by atoms with E-state index >= 15 is 0 Å². The van der Waals surface area contributed by atoms with Crippen molar-refractivity contribution >= 4 is 11.7 Å². The molecule has 0 aliphatic heterocycles. The number of amides is 2. The van der Waals surface area contributed by atoms with E-state index in [4.69, 9.17) is 9.47 Å². The van der Waals surface area contributed by atoms with Gasteiger partial charge in [0.05, 0.1) is 25.4 Å². The summed E-state index contributed by atoms with van der Waals surface area (Å²) in [4.78, 5) is 12.2. The lowest BCUT2D eigenvalue weighted by atomic mass is 10.0. The van der Waals surface area contributed by atoms with Gasteiger partial charge >= 0.3 is 6.03 Å². The SMILES string of the molecule is COc1ccc(C2(NC(=O)Nc3ccccc3F)CC2)cc1OC. The molecule has 2 amide bonds. The van der Waals surface area contributed by atoms with Crippen LogP contribution in [0, 0.1) is 5.82 Å². The Labute approximate surface area is 139 Å². The van der Waals surface area contributed by atoms with E-state index in [2.05, 4.69) is 10.6 Å². The summed E-state index contributed by atoms with van der Waals surface area (Å²) in [7, 11) is 3.14. The van der Waals surface area contributed by atoms with Gasteiger partial charge in [0.25, 0.3) is 0 Å². The summed E-state index contributed by atoms with van der Waals surface area (Å²) in [6.07, 6.45) is 1.63. The molecule has 2 N–H and O–H groups in total. The smallest absolute Gasteiger partial charge is 0.320 e. The standard InChI is InChI=1S/C18H19FN2O3/c1-23-15-8-7-12(11-16(15)24-2)18(9-10-18)21-17(22)20-14-6-4-3-5-13(14)19/h3-8,11H,9-10H2,1-2H3,(H2,20,21,22). The molecule has 0 atom stereocenters. The van der Waals surface area contributed by atoms with E-state index in [9.17, 15) is 9.18 Å². The average molecular weight is 330 g/mol. The van der Waals surface area contributed by atoms with Gasteiger partial charge in [0.15, 0.2) is 11.5 Å². The van der Waals surface area contributed by atoms with Gasteiger partial charge in [-0.1, -0.05) is 18.2 Å². The zero-order valence-corrected chi connectivity index (χ0v) is 13.6. The van der Waals surface area contributed by atoms with Crippen LogP contribution < -0.4 is 20.1 Å². The van der Waals surface area contributed by atoms with Crippen molar-refractivity contribution in [3.63, 3.8) is 0 Å². The average Bonchev–Trinajstić information content (AvgIpc) is 3.36. The summed E-state index contributed by atoms with van der Waals surface area (Å²) in [5.41, 5.74) is 0.636. The van der Waals surface area contributed by atoms with Gasteiger partial charge in [0.1, 0.15) is 5.82 Å². The van der Waals surface area contributed by atoms with Crippen LogP contribution in [0.15, 0.2) is 42.5 Å². The Bertz CT molecular complexity index is 760. The third-order valence-electron chi connectivity index (χ3n) is 4.16. The van der Waals surface area contributed by atoms with Crippen LogP contribution in [0.5, 0.6) is 11.5 Å². The van der Waals surface area contributed by atoms with Crippen molar-refractivity contribution in [1.29, 1.82) is 0 Å². The molecule has 0 spiro atoms. The zero-order valence-electron chi connectivity index (χ0n) is 13.6. The Balaban J connectivity index is 1.75. The second-order valence-electron chi connectivity index (χ2n) is 5.71. The van der Waals surface area contributed by atoms with Gasteiger partial charge in [-0.3, -0.25) is 0 Å². The van der Waals surface area contributed by atoms with E-state index in [0.717, 1.165) is 18.4 Å². The van der Waals surface area contributed by atoms with Gasteiger partial charge in [0, 0.05) is 0 Å². The molecule has 0 bridgehead atoms. The van der Waals surface area contributed by atoms with E-state index in [1.807, 2.05) is 18.2 Å². The first-order valence-corrected chi connectivity index (χ1v) is 7.64. The van der Waals surface area contributed by atoms with Crippen molar-refractivity contribution in [1.82, 2.24) is 5.32 Å². The van der Waals surface area contributed by atoms with Crippen LogP contribution in [-0.4, -0.2) is 20.3 Å². The first-order valence-electron chi connectivity index (χ1n) is 7.64. The summed E-state index contributed by atoms with van der Waals surface area (Å²) in [6.45, 7) is 0. The molecule has 24 heavy (non-hydrogen) atoms. The highest BCUT2D eigenvalue weighted by atomic mass is 19.1. The predicted octanol–water partition coefficient (Wildman–Crippen LogP) is 3.65. The summed E-state index contributed by atoms with van der Waals surface area (Å²) in [6, 6.07) is 11.2. The number of carbonyl (C=O) groups excluding carboxylic acids is 1. The van der Waals surface area contributed by atoms with Crippen LogP contribution in [0.1, 0.15) is 18.4 Å². The minimum atomic E-state index is -0.469. The second kappa shape index (κ2) is 6.39. The zero-order chi connectivity index (χ0) is 17.2. The van der Waals surface area contributed by atoms with E-state index in [1.54, 1.807) is 26.4 Å². The fraction of sp³-hybridized carbons (Fsp3) is 0.278. The van der Waals surface area contributed by atoms with Crippen LogP contribution in [-0.2, 0) is 5.54 Å². The number of benzene rings is 2. The second-order valence-corrected chi connectivity index (χ2v) is 5.71. The summed E-state index contributed by atoms with van der Waals surface area (Å²) in [5.74, 6) is 0.772. The number of halogens is 1.